The molecular weight excluding hydrogens is 471 g/mol. The zero-order valence-corrected chi connectivity index (χ0v) is 18.9. The number of pyridine rings is 1. The first kappa shape index (κ1) is 20.9. The summed E-state index contributed by atoms with van der Waals surface area (Å²) < 4.78 is 5.67. The number of nitrogens with one attached hydrogen (secondary N) is 2. The smallest absolute Gasteiger partial charge is 0.342 e. The standard InChI is InChI=1S/C23H17Cl3N4O2/c24-17-6-3-5-14(20(17)25)13-8-10-27-21-16(13)12-28-30(22(21)26)23(31)29-18-9-11-32-19-7-2-1-4-15(18)19/h1-8,10,12,18,28H,9,11H2,(H,29,31)/t18-/m0/s1. The van der Waals surface area contributed by atoms with Crippen LogP contribution in [0.5, 0.6) is 5.75 Å². The van der Waals surface area contributed by atoms with Crippen LogP contribution in [0.25, 0.3) is 22.5 Å². The number of ether oxygens (including phenoxy) is 1. The number of nitrogens with zero attached hydrogens (tertiary/aromatic N) is 2. The van der Waals surface area contributed by atoms with Gasteiger partial charge in [0, 0.05) is 35.2 Å². The molecule has 0 saturated carbocycles. The molecule has 5 rings (SSSR count). The Bertz CT molecular complexity index is 1350. The van der Waals surface area contributed by atoms with Crippen LogP contribution >= 0.6 is 34.8 Å². The average molecular weight is 488 g/mol. The zero-order valence-electron chi connectivity index (χ0n) is 16.6. The van der Waals surface area contributed by atoms with Gasteiger partial charge in [0.15, 0.2) is 5.16 Å². The van der Waals surface area contributed by atoms with Gasteiger partial charge in [-0.25, -0.2) is 4.79 Å². The maximum Gasteiger partial charge on any atom is 0.342 e. The SMILES string of the molecule is O=C(N[C@H]1CCOc2ccccc21)N1NC=c2c(-c3cccc(Cl)c3Cl)ccnc2=C1Cl. The first-order valence-corrected chi connectivity index (χ1v) is 11.1. The molecule has 2 N–H and O–H groups in total. The Labute approximate surface area is 199 Å². The number of carbonyl (C=O) groups is 1. The molecule has 0 unspecified atom stereocenters. The molecule has 2 amide bonds. The molecule has 162 valence electrons. The van der Waals surface area contributed by atoms with Crippen LogP contribution in [0.15, 0.2) is 54.7 Å². The van der Waals surface area contributed by atoms with E-state index >= 15 is 0 Å². The minimum absolute atomic E-state index is 0.153. The van der Waals surface area contributed by atoms with Gasteiger partial charge >= 0.3 is 6.03 Å². The number of benzene rings is 2. The van der Waals surface area contributed by atoms with Crippen LogP contribution in [0.1, 0.15) is 18.0 Å². The molecule has 6 nitrogen and oxygen atoms in total. The number of urea groups is 1. The van der Waals surface area contributed by atoms with E-state index in [0.29, 0.717) is 33.6 Å². The van der Waals surface area contributed by atoms with Crippen molar-refractivity contribution in [2.24, 2.45) is 0 Å². The largest absolute Gasteiger partial charge is 0.493 e. The molecule has 0 spiro atoms. The Morgan fingerprint density at radius 1 is 1.09 bits per heavy atom. The molecule has 32 heavy (non-hydrogen) atoms. The number of aromatic nitrogens is 1. The van der Waals surface area contributed by atoms with Crippen molar-refractivity contribution in [1.29, 1.82) is 0 Å². The number of hydrogen-bond acceptors (Lipinski definition) is 4. The van der Waals surface area contributed by atoms with Gasteiger partial charge in [-0.3, -0.25) is 10.4 Å². The molecule has 3 aromatic rings. The summed E-state index contributed by atoms with van der Waals surface area (Å²) in [4.78, 5) is 17.5. The van der Waals surface area contributed by atoms with Crippen molar-refractivity contribution in [3.63, 3.8) is 0 Å². The van der Waals surface area contributed by atoms with Crippen molar-refractivity contribution in [1.82, 2.24) is 20.7 Å². The van der Waals surface area contributed by atoms with Gasteiger partial charge in [-0.05, 0) is 23.8 Å². The highest BCUT2D eigenvalue weighted by atomic mass is 35.5. The Morgan fingerprint density at radius 2 is 1.94 bits per heavy atom. The van der Waals surface area contributed by atoms with Crippen LogP contribution in [0.2, 0.25) is 10.0 Å². The Balaban J connectivity index is 1.49. The number of halogens is 3. The summed E-state index contributed by atoms with van der Waals surface area (Å²) >= 11 is 19.2. The van der Waals surface area contributed by atoms with E-state index in [1.54, 1.807) is 18.5 Å². The van der Waals surface area contributed by atoms with Crippen molar-refractivity contribution in [2.45, 2.75) is 12.5 Å². The van der Waals surface area contributed by atoms with Crippen LogP contribution < -0.4 is 26.0 Å². The Kier molecular flexibility index (Phi) is 5.59. The Hall–Kier alpha value is -2.93. The molecule has 0 aliphatic carbocycles. The minimum atomic E-state index is -0.397. The Morgan fingerprint density at radius 3 is 2.81 bits per heavy atom. The molecule has 3 heterocycles. The zero-order chi connectivity index (χ0) is 22.2. The van der Waals surface area contributed by atoms with E-state index in [-0.39, 0.29) is 11.2 Å². The molecule has 1 aromatic heterocycles. The van der Waals surface area contributed by atoms with Gasteiger partial charge in [0.1, 0.15) is 11.1 Å². The third-order valence-corrected chi connectivity index (χ3v) is 6.59. The highest BCUT2D eigenvalue weighted by Crippen LogP contribution is 2.33. The molecule has 0 radical (unpaired) electrons. The van der Waals surface area contributed by atoms with Crippen LogP contribution in [-0.2, 0) is 0 Å². The second kappa shape index (κ2) is 8.54. The first-order chi connectivity index (χ1) is 15.5. The minimum Gasteiger partial charge on any atom is -0.493 e. The van der Waals surface area contributed by atoms with E-state index in [4.69, 9.17) is 39.5 Å². The maximum absolute atomic E-state index is 13.1. The lowest BCUT2D eigenvalue weighted by molar-refractivity contribution is 0.198. The summed E-state index contributed by atoms with van der Waals surface area (Å²) in [6.45, 7) is 0.521. The summed E-state index contributed by atoms with van der Waals surface area (Å²) in [6, 6.07) is 14.3. The highest BCUT2D eigenvalue weighted by Gasteiger charge is 2.27. The molecule has 9 heteroatoms. The third kappa shape index (κ3) is 3.64. The summed E-state index contributed by atoms with van der Waals surface area (Å²) in [7, 11) is 0. The quantitative estimate of drug-likeness (QED) is 0.533. The molecule has 1 atom stereocenters. The summed E-state index contributed by atoms with van der Waals surface area (Å²) in [5.41, 5.74) is 5.44. The lowest BCUT2D eigenvalue weighted by atomic mass is 10.0. The van der Waals surface area contributed by atoms with Gasteiger partial charge in [0.2, 0.25) is 0 Å². The second-order valence-corrected chi connectivity index (χ2v) is 8.44. The summed E-state index contributed by atoms with van der Waals surface area (Å²) in [5.74, 6) is 0.771. The number of hydrogen-bond donors (Lipinski definition) is 2. The molecule has 0 fully saturated rings. The summed E-state index contributed by atoms with van der Waals surface area (Å²) in [6.07, 6.45) is 3.96. The molecule has 0 saturated heterocycles. The van der Waals surface area contributed by atoms with Crippen molar-refractivity contribution >= 4 is 52.2 Å². The highest BCUT2D eigenvalue weighted by molar-refractivity contribution is 6.45. The fourth-order valence-electron chi connectivity index (χ4n) is 3.88. The third-order valence-electron chi connectivity index (χ3n) is 5.42. The monoisotopic (exact) mass is 486 g/mol. The van der Waals surface area contributed by atoms with E-state index in [9.17, 15) is 4.79 Å². The number of carbonyl (C=O) groups excluding carboxylic acids is 1. The van der Waals surface area contributed by atoms with Gasteiger partial charge in [-0.2, -0.15) is 5.01 Å². The van der Waals surface area contributed by atoms with Crippen LogP contribution in [0, 0.1) is 0 Å². The number of para-hydroxylation sites is 1. The molecular formula is C23H17Cl3N4O2. The fraction of sp³-hybridized carbons (Fsp3) is 0.130. The van der Waals surface area contributed by atoms with Crippen molar-refractivity contribution < 1.29 is 9.53 Å². The van der Waals surface area contributed by atoms with Crippen molar-refractivity contribution in [2.75, 3.05) is 6.61 Å². The topological polar surface area (TPSA) is 66.5 Å². The molecule has 0 bridgehead atoms. The lowest BCUT2D eigenvalue weighted by Gasteiger charge is -2.30. The predicted octanol–water partition coefficient (Wildman–Crippen LogP) is 4.15. The van der Waals surface area contributed by atoms with E-state index < -0.39 is 6.03 Å². The second-order valence-electron chi connectivity index (χ2n) is 7.30. The van der Waals surface area contributed by atoms with E-state index in [1.807, 2.05) is 42.5 Å². The number of fused-ring (bicyclic) bond motifs is 2. The van der Waals surface area contributed by atoms with E-state index in [2.05, 4.69) is 15.7 Å². The van der Waals surface area contributed by atoms with Crippen LogP contribution in [-0.4, -0.2) is 22.6 Å². The first-order valence-electron chi connectivity index (χ1n) is 9.92. The molecule has 2 aliphatic rings. The van der Waals surface area contributed by atoms with Gasteiger partial charge in [0.25, 0.3) is 0 Å². The fourth-order valence-corrected chi connectivity index (χ4v) is 4.55. The number of rotatable bonds is 2. The van der Waals surface area contributed by atoms with Gasteiger partial charge < -0.3 is 10.1 Å². The molecule has 2 aromatic carbocycles. The van der Waals surface area contributed by atoms with E-state index in [0.717, 1.165) is 22.4 Å². The maximum atomic E-state index is 13.1. The lowest BCUT2D eigenvalue weighted by Crippen LogP contribution is -2.53. The van der Waals surface area contributed by atoms with Crippen molar-refractivity contribution in [3.05, 3.63) is 80.9 Å². The van der Waals surface area contributed by atoms with Crippen LogP contribution in [0.3, 0.4) is 0 Å². The van der Waals surface area contributed by atoms with Gasteiger partial charge in [-0.15, -0.1) is 0 Å². The predicted molar refractivity (Wildman–Crippen MR) is 125 cm³/mol. The summed E-state index contributed by atoms with van der Waals surface area (Å²) in [5, 5.41) is 6.47. The van der Waals surface area contributed by atoms with Crippen LogP contribution in [0.4, 0.5) is 4.79 Å². The van der Waals surface area contributed by atoms with Crippen molar-refractivity contribution in [3.8, 4) is 16.9 Å². The van der Waals surface area contributed by atoms with Gasteiger partial charge in [0.05, 0.1) is 22.7 Å². The number of amides is 2. The average Bonchev–Trinajstić information content (AvgIpc) is 2.81. The van der Waals surface area contributed by atoms with Gasteiger partial charge in [-0.1, -0.05) is 65.1 Å². The van der Waals surface area contributed by atoms with E-state index in [1.165, 1.54) is 5.01 Å². The number of hydrazine groups is 1. The molecule has 2 aliphatic heterocycles. The normalized spacial score (nSPS) is 16.8.